The highest BCUT2D eigenvalue weighted by atomic mass is 31.1. The van der Waals surface area contributed by atoms with Crippen LogP contribution >= 0.6 is 8.46 Å². The van der Waals surface area contributed by atoms with Crippen LogP contribution in [0.25, 0.3) is 0 Å². The van der Waals surface area contributed by atoms with E-state index in [1.807, 2.05) is 0 Å². The molecule has 4 heteroatoms. The normalized spacial score (nSPS) is 9.27. The van der Waals surface area contributed by atoms with Gasteiger partial charge >= 0.3 is 5.97 Å². The average Bonchev–Trinajstić information content (AvgIpc) is 2.20. The van der Waals surface area contributed by atoms with E-state index in [2.05, 4.69) is 13.8 Å². The van der Waals surface area contributed by atoms with Gasteiger partial charge in [-0.2, -0.15) is 0 Å². The van der Waals surface area contributed by atoms with Gasteiger partial charge in [0.05, 0.1) is 6.61 Å². The minimum atomic E-state index is -0.0306. The summed E-state index contributed by atoms with van der Waals surface area (Å²) in [6.07, 6.45) is 5.92. The summed E-state index contributed by atoms with van der Waals surface area (Å²) in [5.41, 5.74) is 0. The summed E-state index contributed by atoms with van der Waals surface area (Å²) in [7, 11) is 0.167. The van der Waals surface area contributed by atoms with E-state index in [0.29, 0.717) is 13.0 Å². The first-order valence-electron chi connectivity index (χ1n) is 5.59. The number of ether oxygens (including phenoxy) is 1. The SMILES string of the molecule is CCCCCC(=O)OCCCC.CP=O. The molecule has 0 N–H and O–H groups in total. The molecule has 0 heterocycles. The first-order valence-corrected chi connectivity index (χ1v) is 6.85. The molecule has 3 nitrogen and oxygen atoms in total. The maximum absolute atomic E-state index is 11.0. The Balaban J connectivity index is 0. The van der Waals surface area contributed by atoms with E-state index in [-0.39, 0.29) is 14.4 Å². The fourth-order valence-corrected chi connectivity index (χ4v) is 0.922. The topological polar surface area (TPSA) is 43.4 Å². The van der Waals surface area contributed by atoms with Gasteiger partial charge in [0.15, 0.2) is 8.46 Å². The summed E-state index contributed by atoms with van der Waals surface area (Å²) < 4.78 is 13.9. The van der Waals surface area contributed by atoms with Gasteiger partial charge in [0, 0.05) is 13.1 Å². The molecule has 0 saturated heterocycles. The number of carbonyl (C=O) groups excluding carboxylic acids is 1. The number of carbonyl (C=O) groups is 1. The molecule has 0 bridgehead atoms. The maximum atomic E-state index is 11.0. The largest absolute Gasteiger partial charge is 0.466 e. The average molecular weight is 234 g/mol. The van der Waals surface area contributed by atoms with Gasteiger partial charge in [0.25, 0.3) is 0 Å². The van der Waals surface area contributed by atoms with Crippen molar-refractivity contribution >= 4 is 14.4 Å². The van der Waals surface area contributed by atoms with Crippen molar-refractivity contribution in [2.24, 2.45) is 0 Å². The molecular formula is C11H23O3P. The molecule has 0 saturated carbocycles. The van der Waals surface area contributed by atoms with Gasteiger partial charge in [0.2, 0.25) is 0 Å². The molecule has 0 aliphatic carbocycles. The monoisotopic (exact) mass is 234 g/mol. The zero-order chi connectivity index (χ0) is 11.9. The zero-order valence-electron chi connectivity index (χ0n) is 10.1. The Bertz CT molecular complexity index is 137. The van der Waals surface area contributed by atoms with Gasteiger partial charge in [-0.15, -0.1) is 0 Å². The van der Waals surface area contributed by atoms with Crippen LogP contribution in [0.15, 0.2) is 0 Å². The molecule has 0 atom stereocenters. The van der Waals surface area contributed by atoms with Gasteiger partial charge < -0.3 is 4.74 Å². The van der Waals surface area contributed by atoms with Crippen LogP contribution in [0.2, 0.25) is 0 Å². The van der Waals surface area contributed by atoms with Crippen LogP contribution in [-0.4, -0.2) is 19.2 Å². The minimum absolute atomic E-state index is 0.0306. The highest BCUT2D eigenvalue weighted by Crippen LogP contribution is 2.00. The number of hydrogen-bond donors (Lipinski definition) is 0. The van der Waals surface area contributed by atoms with E-state index >= 15 is 0 Å². The Morgan fingerprint density at radius 3 is 2.13 bits per heavy atom. The first kappa shape index (κ1) is 17.0. The van der Waals surface area contributed by atoms with Crippen molar-refractivity contribution < 1.29 is 14.1 Å². The summed E-state index contributed by atoms with van der Waals surface area (Å²) in [6, 6.07) is 0. The van der Waals surface area contributed by atoms with E-state index in [0.717, 1.165) is 32.1 Å². The lowest BCUT2D eigenvalue weighted by atomic mass is 10.2. The van der Waals surface area contributed by atoms with Crippen LogP contribution in [0.3, 0.4) is 0 Å². The summed E-state index contributed by atoms with van der Waals surface area (Å²) in [5, 5.41) is 0. The summed E-state index contributed by atoms with van der Waals surface area (Å²) in [6.45, 7) is 6.36. The predicted molar refractivity (Wildman–Crippen MR) is 63.5 cm³/mol. The molecule has 15 heavy (non-hydrogen) atoms. The van der Waals surface area contributed by atoms with Gasteiger partial charge in [-0.05, 0) is 12.8 Å². The van der Waals surface area contributed by atoms with Crippen molar-refractivity contribution in [2.45, 2.75) is 52.4 Å². The van der Waals surface area contributed by atoms with E-state index in [4.69, 9.17) is 9.30 Å². The standard InChI is InChI=1S/C10H20O2.CH3OP/c1-3-5-7-8-10(11)12-9-6-4-2;1-3-2/h3-9H2,1-2H3;1H3. The highest BCUT2D eigenvalue weighted by Gasteiger charge is 2.00. The molecule has 0 spiro atoms. The molecular weight excluding hydrogens is 211 g/mol. The molecule has 0 aromatic rings. The van der Waals surface area contributed by atoms with Crippen molar-refractivity contribution in [3.05, 3.63) is 0 Å². The molecule has 0 aromatic heterocycles. The Morgan fingerprint density at radius 1 is 1.13 bits per heavy atom. The van der Waals surface area contributed by atoms with E-state index < -0.39 is 0 Å². The minimum Gasteiger partial charge on any atom is -0.466 e. The zero-order valence-corrected chi connectivity index (χ0v) is 11.0. The number of rotatable bonds is 7. The molecule has 0 unspecified atom stereocenters. The number of unbranched alkanes of at least 4 members (excludes halogenated alkanes) is 3. The van der Waals surface area contributed by atoms with Crippen LogP contribution in [0.4, 0.5) is 0 Å². The van der Waals surface area contributed by atoms with Crippen LogP contribution in [0, 0.1) is 0 Å². The maximum Gasteiger partial charge on any atom is 0.305 e. The first-order chi connectivity index (χ1) is 7.22. The van der Waals surface area contributed by atoms with Crippen LogP contribution in [0.5, 0.6) is 0 Å². The lowest BCUT2D eigenvalue weighted by molar-refractivity contribution is -0.143. The Kier molecular flexibility index (Phi) is 18.1. The molecule has 0 aromatic carbocycles. The molecule has 0 rings (SSSR count). The summed E-state index contributed by atoms with van der Waals surface area (Å²) in [5.74, 6) is -0.0306. The van der Waals surface area contributed by atoms with Gasteiger partial charge in [0.1, 0.15) is 0 Å². The van der Waals surface area contributed by atoms with E-state index in [1.54, 1.807) is 6.66 Å². The van der Waals surface area contributed by atoms with Crippen molar-refractivity contribution in [1.82, 2.24) is 0 Å². The van der Waals surface area contributed by atoms with Gasteiger partial charge in [-0.1, -0.05) is 33.1 Å². The molecule has 90 valence electrons. The second-order valence-corrected chi connectivity index (χ2v) is 3.58. The Labute approximate surface area is 94.8 Å². The quantitative estimate of drug-likeness (QED) is 0.382. The van der Waals surface area contributed by atoms with Crippen LogP contribution in [0.1, 0.15) is 52.4 Å². The third-order valence-corrected chi connectivity index (χ3v) is 1.75. The fourth-order valence-electron chi connectivity index (χ4n) is 0.922. The summed E-state index contributed by atoms with van der Waals surface area (Å²) >= 11 is 0. The van der Waals surface area contributed by atoms with Crippen molar-refractivity contribution in [2.75, 3.05) is 13.3 Å². The van der Waals surface area contributed by atoms with E-state index in [1.165, 1.54) is 0 Å². The smallest absolute Gasteiger partial charge is 0.305 e. The second-order valence-electron chi connectivity index (χ2n) is 3.21. The molecule has 0 radical (unpaired) electrons. The second kappa shape index (κ2) is 16.0. The van der Waals surface area contributed by atoms with Gasteiger partial charge in [-0.25, -0.2) is 0 Å². The van der Waals surface area contributed by atoms with Crippen LogP contribution in [-0.2, 0) is 14.1 Å². The van der Waals surface area contributed by atoms with Crippen molar-refractivity contribution in [1.29, 1.82) is 0 Å². The fraction of sp³-hybridized carbons (Fsp3) is 0.909. The van der Waals surface area contributed by atoms with Gasteiger partial charge in [-0.3, -0.25) is 9.36 Å². The Morgan fingerprint density at radius 2 is 1.67 bits per heavy atom. The number of hydrogen-bond acceptors (Lipinski definition) is 3. The molecule has 0 fully saturated rings. The molecule has 0 aliphatic rings. The summed E-state index contributed by atoms with van der Waals surface area (Å²) in [4.78, 5) is 11.0. The molecule has 0 amide bonds. The lowest BCUT2D eigenvalue weighted by Gasteiger charge is -2.02. The predicted octanol–water partition coefficient (Wildman–Crippen LogP) is 3.82. The Hall–Kier alpha value is -0.430. The van der Waals surface area contributed by atoms with Crippen molar-refractivity contribution in [3.63, 3.8) is 0 Å². The third-order valence-electron chi connectivity index (χ3n) is 1.75. The van der Waals surface area contributed by atoms with E-state index in [9.17, 15) is 4.79 Å². The number of esters is 1. The molecule has 0 aliphatic heterocycles. The lowest BCUT2D eigenvalue weighted by Crippen LogP contribution is -2.05. The van der Waals surface area contributed by atoms with Crippen LogP contribution < -0.4 is 0 Å². The third kappa shape index (κ3) is 19.8. The van der Waals surface area contributed by atoms with Crippen molar-refractivity contribution in [3.8, 4) is 0 Å². The highest BCUT2D eigenvalue weighted by molar-refractivity contribution is 7.22.